The van der Waals surface area contributed by atoms with Crippen molar-refractivity contribution in [1.82, 2.24) is 5.43 Å². The number of nitrogens with zero attached hydrogens (tertiary/aromatic N) is 1. The summed E-state index contributed by atoms with van der Waals surface area (Å²) >= 11 is 5.80. The molecule has 0 heterocycles. The molecule has 5 nitrogen and oxygen atoms in total. The van der Waals surface area contributed by atoms with Gasteiger partial charge in [-0.2, -0.15) is 5.10 Å². The average Bonchev–Trinajstić information content (AvgIpc) is 2.59. The number of amides is 1. The number of halogens is 1. The zero-order valence-corrected chi connectivity index (χ0v) is 13.2. The molecule has 0 saturated carbocycles. The van der Waals surface area contributed by atoms with Crippen molar-refractivity contribution in [2.24, 2.45) is 5.10 Å². The average molecular weight is 341 g/mol. The van der Waals surface area contributed by atoms with Gasteiger partial charge in [-0.3, -0.25) is 4.79 Å². The van der Waals surface area contributed by atoms with E-state index in [1.807, 2.05) is 24.3 Å². The Morgan fingerprint density at radius 2 is 1.88 bits per heavy atom. The van der Waals surface area contributed by atoms with E-state index >= 15 is 0 Å². The van der Waals surface area contributed by atoms with E-state index in [1.54, 1.807) is 12.1 Å². The lowest BCUT2D eigenvalue weighted by Gasteiger charge is -2.05. The highest BCUT2D eigenvalue weighted by atomic mass is 35.5. The van der Waals surface area contributed by atoms with Crippen molar-refractivity contribution in [3.63, 3.8) is 0 Å². The van der Waals surface area contributed by atoms with Crippen LogP contribution >= 0.6 is 11.6 Å². The summed E-state index contributed by atoms with van der Waals surface area (Å²) in [5, 5.41) is 25.7. The quantitative estimate of drug-likeness (QED) is 0.502. The van der Waals surface area contributed by atoms with Crippen molar-refractivity contribution in [3.8, 4) is 11.5 Å². The van der Waals surface area contributed by atoms with E-state index in [0.717, 1.165) is 5.39 Å². The van der Waals surface area contributed by atoms with Crippen molar-refractivity contribution in [2.75, 3.05) is 0 Å². The minimum absolute atomic E-state index is 0.0161. The number of aromatic hydroxyl groups is 2. The van der Waals surface area contributed by atoms with Crippen LogP contribution in [0.25, 0.3) is 10.8 Å². The van der Waals surface area contributed by atoms with Crippen molar-refractivity contribution in [1.29, 1.82) is 0 Å². The second-order valence-electron chi connectivity index (χ2n) is 5.09. The van der Waals surface area contributed by atoms with Crippen molar-refractivity contribution in [2.45, 2.75) is 0 Å². The SMILES string of the molecule is O=C(N/N=C/c1ccc2ccccc2c1O)c1cc(Cl)ccc1O. The first kappa shape index (κ1) is 15.8. The van der Waals surface area contributed by atoms with Crippen LogP contribution in [0.2, 0.25) is 5.02 Å². The molecular weight excluding hydrogens is 328 g/mol. The molecule has 0 aliphatic carbocycles. The zero-order chi connectivity index (χ0) is 17.1. The number of phenols is 2. The van der Waals surface area contributed by atoms with E-state index in [9.17, 15) is 15.0 Å². The Morgan fingerprint density at radius 1 is 1.08 bits per heavy atom. The van der Waals surface area contributed by atoms with Gasteiger partial charge in [0.2, 0.25) is 0 Å². The van der Waals surface area contributed by atoms with Crippen LogP contribution in [0.4, 0.5) is 0 Å². The summed E-state index contributed by atoms with van der Waals surface area (Å²) in [7, 11) is 0. The lowest BCUT2D eigenvalue weighted by Crippen LogP contribution is -2.17. The summed E-state index contributed by atoms with van der Waals surface area (Å²) in [5.74, 6) is -0.719. The number of carbonyl (C=O) groups excluding carboxylic acids is 1. The third-order valence-electron chi connectivity index (χ3n) is 3.50. The highest BCUT2D eigenvalue weighted by molar-refractivity contribution is 6.31. The molecule has 0 aliphatic rings. The van der Waals surface area contributed by atoms with E-state index in [-0.39, 0.29) is 17.1 Å². The first-order chi connectivity index (χ1) is 11.6. The Hall–Kier alpha value is -3.05. The van der Waals surface area contributed by atoms with Gasteiger partial charge in [-0.05, 0) is 29.7 Å². The molecule has 24 heavy (non-hydrogen) atoms. The first-order valence-corrected chi connectivity index (χ1v) is 7.46. The molecule has 0 aliphatic heterocycles. The van der Waals surface area contributed by atoms with Crippen LogP contribution in [0.3, 0.4) is 0 Å². The second kappa shape index (κ2) is 6.60. The van der Waals surface area contributed by atoms with Crippen LogP contribution in [-0.4, -0.2) is 22.3 Å². The molecule has 0 atom stereocenters. The largest absolute Gasteiger partial charge is 0.507 e. The topological polar surface area (TPSA) is 81.9 Å². The molecule has 3 rings (SSSR count). The van der Waals surface area contributed by atoms with Crippen LogP contribution in [0, 0.1) is 0 Å². The fourth-order valence-electron chi connectivity index (χ4n) is 2.29. The third kappa shape index (κ3) is 3.16. The van der Waals surface area contributed by atoms with Gasteiger partial charge in [-0.25, -0.2) is 5.43 Å². The third-order valence-corrected chi connectivity index (χ3v) is 3.74. The number of hydrogen-bond donors (Lipinski definition) is 3. The highest BCUT2D eigenvalue weighted by Crippen LogP contribution is 2.27. The Morgan fingerprint density at radius 3 is 2.71 bits per heavy atom. The Bertz CT molecular complexity index is 954. The maximum atomic E-state index is 12.0. The molecule has 0 unspecified atom stereocenters. The maximum absolute atomic E-state index is 12.0. The monoisotopic (exact) mass is 340 g/mol. The number of hydrogen-bond acceptors (Lipinski definition) is 4. The Kier molecular flexibility index (Phi) is 4.35. The number of benzene rings is 3. The lowest BCUT2D eigenvalue weighted by atomic mass is 10.1. The van der Waals surface area contributed by atoms with Crippen molar-refractivity contribution < 1.29 is 15.0 Å². The number of fused-ring (bicyclic) bond motifs is 1. The number of nitrogens with one attached hydrogen (secondary N) is 1. The van der Waals surface area contributed by atoms with Crippen LogP contribution in [0.15, 0.2) is 59.7 Å². The normalized spacial score (nSPS) is 11.0. The highest BCUT2D eigenvalue weighted by Gasteiger charge is 2.11. The predicted molar refractivity (Wildman–Crippen MR) is 93.8 cm³/mol. The molecule has 0 fully saturated rings. The summed E-state index contributed by atoms with van der Waals surface area (Å²) in [6, 6.07) is 15.1. The molecular formula is C18H13ClN2O3. The fraction of sp³-hybridized carbons (Fsp3) is 0. The summed E-state index contributed by atoms with van der Waals surface area (Å²) in [6.07, 6.45) is 1.33. The number of carbonyl (C=O) groups is 1. The van der Waals surface area contributed by atoms with Gasteiger partial charge < -0.3 is 10.2 Å². The van der Waals surface area contributed by atoms with E-state index in [0.29, 0.717) is 16.0 Å². The predicted octanol–water partition coefficient (Wildman–Crippen LogP) is 3.67. The number of phenolic OH excluding ortho intramolecular Hbond substituents is 2. The van der Waals surface area contributed by atoms with Gasteiger partial charge in [0.25, 0.3) is 5.91 Å². The van der Waals surface area contributed by atoms with Gasteiger partial charge in [0.15, 0.2) is 0 Å². The van der Waals surface area contributed by atoms with E-state index in [4.69, 9.17) is 11.6 Å². The van der Waals surface area contributed by atoms with Crippen molar-refractivity contribution >= 4 is 34.5 Å². The minimum Gasteiger partial charge on any atom is -0.507 e. The summed E-state index contributed by atoms with van der Waals surface area (Å²) in [6.45, 7) is 0. The fourth-order valence-corrected chi connectivity index (χ4v) is 2.46. The van der Waals surface area contributed by atoms with Crippen LogP contribution < -0.4 is 5.43 Å². The molecule has 3 aromatic carbocycles. The van der Waals surface area contributed by atoms with Crippen molar-refractivity contribution in [3.05, 3.63) is 70.7 Å². The number of rotatable bonds is 3. The molecule has 0 spiro atoms. The maximum Gasteiger partial charge on any atom is 0.275 e. The van der Waals surface area contributed by atoms with Gasteiger partial charge in [0, 0.05) is 16.0 Å². The van der Waals surface area contributed by atoms with Crippen LogP contribution in [0.1, 0.15) is 15.9 Å². The molecule has 0 saturated heterocycles. The zero-order valence-electron chi connectivity index (χ0n) is 12.4. The van der Waals surface area contributed by atoms with Gasteiger partial charge >= 0.3 is 0 Å². The summed E-state index contributed by atoms with van der Waals surface area (Å²) in [5.41, 5.74) is 2.77. The Balaban J connectivity index is 1.80. The van der Waals surface area contributed by atoms with E-state index in [1.165, 1.54) is 24.4 Å². The molecule has 0 radical (unpaired) electrons. The minimum atomic E-state index is -0.605. The smallest absolute Gasteiger partial charge is 0.275 e. The molecule has 120 valence electrons. The first-order valence-electron chi connectivity index (χ1n) is 7.09. The molecule has 6 heteroatoms. The molecule has 3 N–H and O–H groups in total. The van der Waals surface area contributed by atoms with Gasteiger partial charge in [0.05, 0.1) is 11.8 Å². The van der Waals surface area contributed by atoms with E-state index in [2.05, 4.69) is 10.5 Å². The van der Waals surface area contributed by atoms with Crippen LogP contribution in [0.5, 0.6) is 11.5 Å². The van der Waals surface area contributed by atoms with E-state index < -0.39 is 5.91 Å². The number of hydrazone groups is 1. The molecule has 1 amide bonds. The van der Waals surface area contributed by atoms with Gasteiger partial charge in [-0.1, -0.05) is 41.9 Å². The van der Waals surface area contributed by atoms with Crippen LogP contribution in [-0.2, 0) is 0 Å². The molecule has 0 aromatic heterocycles. The standard InChI is InChI=1S/C18H13ClN2O3/c19-13-7-8-16(22)15(9-13)18(24)21-20-10-12-6-5-11-3-1-2-4-14(11)17(12)23/h1-10,22-23H,(H,21,24)/b20-10+. The second-order valence-corrected chi connectivity index (χ2v) is 5.52. The Labute approximate surface area is 142 Å². The van der Waals surface area contributed by atoms with Gasteiger partial charge in [-0.15, -0.1) is 0 Å². The van der Waals surface area contributed by atoms with Gasteiger partial charge in [0.1, 0.15) is 11.5 Å². The molecule has 0 bridgehead atoms. The summed E-state index contributed by atoms with van der Waals surface area (Å²) in [4.78, 5) is 12.0. The summed E-state index contributed by atoms with van der Waals surface area (Å²) < 4.78 is 0. The lowest BCUT2D eigenvalue weighted by molar-refractivity contribution is 0.0952. The molecule has 3 aromatic rings.